The van der Waals surface area contributed by atoms with E-state index in [0.717, 1.165) is 58.0 Å². The van der Waals surface area contributed by atoms with Gasteiger partial charge in [0.1, 0.15) is 0 Å². The van der Waals surface area contributed by atoms with Gasteiger partial charge in [-0.05, 0) is 38.6 Å². The smallest absolute Gasteiger partial charge is 0.225 e. The second-order valence-corrected chi connectivity index (χ2v) is 9.34. The lowest BCUT2D eigenvalue weighted by atomic mass is 9.93. The molecule has 0 aromatic rings. The fourth-order valence-corrected chi connectivity index (χ4v) is 4.28. The van der Waals surface area contributed by atoms with Gasteiger partial charge in [-0.1, -0.05) is 111 Å². The average Bonchev–Trinajstić information content (AvgIpc) is 2.76. The van der Waals surface area contributed by atoms with E-state index in [1.165, 1.54) is 77.0 Å². The zero-order valence-corrected chi connectivity index (χ0v) is 21.1. The molecular weight excluding hydrogens is 368 g/mol. The molecule has 3 nitrogen and oxygen atoms in total. The summed E-state index contributed by atoms with van der Waals surface area (Å²) in [5.41, 5.74) is 5.76. The van der Waals surface area contributed by atoms with Crippen molar-refractivity contribution in [3.8, 4) is 0 Å². The highest BCUT2D eigenvalue weighted by atomic mass is 16.2. The highest BCUT2D eigenvalue weighted by Crippen LogP contribution is 2.20. The summed E-state index contributed by atoms with van der Waals surface area (Å²) in [6.45, 7) is 9.28. The summed E-state index contributed by atoms with van der Waals surface area (Å²) in [6, 6.07) is 0. The van der Waals surface area contributed by atoms with Gasteiger partial charge in [-0.2, -0.15) is 0 Å². The standard InChI is InChI=1S/C27H56N2O/c1-4-7-10-11-12-13-14-15-16-17-18-19-21-26(22-20-23-28)27(30)29(24-8-5-2)25-9-6-3/h26H,4-25,28H2,1-3H3. The number of hydrogen-bond donors (Lipinski definition) is 1. The van der Waals surface area contributed by atoms with Gasteiger partial charge in [-0.25, -0.2) is 0 Å². The van der Waals surface area contributed by atoms with E-state index >= 15 is 0 Å². The van der Waals surface area contributed by atoms with E-state index in [1.54, 1.807) is 0 Å². The molecule has 0 aliphatic rings. The predicted octanol–water partition coefficient (Wildman–Crippen LogP) is 7.86. The van der Waals surface area contributed by atoms with E-state index in [2.05, 4.69) is 25.7 Å². The summed E-state index contributed by atoms with van der Waals surface area (Å²) in [5, 5.41) is 0. The number of nitrogens with two attached hydrogens (primary N) is 1. The highest BCUT2D eigenvalue weighted by molar-refractivity contribution is 5.78. The molecular formula is C27H56N2O. The summed E-state index contributed by atoms with van der Waals surface area (Å²) in [7, 11) is 0. The Morgan fingerprint density at radius 1 is 0.600 bits per heavy atom. The maximum Gasteiger partial charge on any atom is 0.225 e. The van der Waals surface area contributed by atoms with Gasteiger partial charge in [0, 0.05) is 19.0 Å². The third-order valence-corrected chi connectivity index (χ3v) is 6.39. The third kappa shape index (κ3) is 17.1. The van der Waals surface area contributed by atoms with Crippen molar-refractivity contribution in [2.75, 3.05) is 19.6 Å². The van der Waals surface area contributed by atoms with Crippen LogP contribution in [0.5, 0.6) is 0 Å². The minimum atomic E-state index is 0.199. The van der Waals surface area contributed by atoms with Crippen LogP contribution in [-0.4, -0.2) is 30.4 Å². The Balaban J connectivity index is 4.07. The molecule has 0 spiro atoms. The Bertz CT molecular complexity index is 351. The van der Waals surface area contributed by atoms with E-state index < -0.39 is 0 Å². The number of carbonyl (C=O) groups is 1. The monoisotopic (exact) mass is 424 g/mol. The van der Waals surface area contributed by atoms with Crippen molar-refractivity contribution in [1.29, 1.82) is 0 Å². The zero-order chi connectivity index (χ0) is 22.3. The summed E-state index contributed by atoms with van der Waals surface area (Å²) in [5.74, 6) is 0.610. The molecule has 0 radical (unpaired) electrons. The Hall–Kier alpha value is -0.570. The van der Waals surface area contributed by atoms with Crippen LogP contribution in [0.2, 0.25) is 0 Å². The van der Waals surface area contributed by atoms with Crippen LogP contribution in [-0.2, 0) is 4.79 Å². The van der Waals surface area contributed by atoms with Crippen LogP contribution in [0, 0.1) is 5.92 Å². The van der Waals surface area contributed by atoms with E-state index in [1.807, 2.05) is 0 Å². The first-order valence-corrected chi connectivity index (χ1v) is 13.7. The maximum atomic E-state index is 13.2. The van der Waals surface area contributed by atoms with Crippen LogP contribution in [0.25, 0.3) is 0 Å². The van der Waals surface area contributed by atoms with Gasteiger partial charge in [-0.3, -0.25) is 4.79 Å². The number of hydrogen-bond acceptors (Lipinski definition) is 2. The number of unbranched alkanes of at least 4 members (excludes halogenated alkanes) is 13. The minimum absolute atomic E-state index is 0.199. The van der Waals surface area contributed by atoms with Gasteiger partial charge >= 0.3 is 0 Å². The lowest BCUT2D eigenvalue weighted by molar-refractivity contribution is -0.136. The number of nitrogens with zero attached hydrogens (tertiary/aromatic N) is 1. The van der Waals surface area contributed by atoms with Crippen molar-refractivity contribution < 1.29 is 4.79 Å². The molecule has 3 heteroatoms. The molecule has 0 fully saturated rings. The lowest BCUT2D eigenvalue weighted by Gasteiger charge is -2.27. The summed E-state index contributed by atoms with van der Waals surface area (Å²) < 4.78 is 0. The molecule has 2 N–H and O–H groups in total. The van der Waals surface area contributed by atoms with Gasteiger partial charge in [0.2, 0.25) is 5.91 Å². The summed E-state index contributed by atoms with van der Waals surface area (Å²) in [6.07, 6.45) is 24.0. The predicted molar refractivity (Wildman–Crippen MR) is 134 cm³/mol. The second kappa shape index (κ2) is 23.1. The topological polar surface area (TPSA) is 46.3 Å². The van der Waals surface area contributed by atoms with Crippen molar-refractivity contribution in [3.63, 3.8) is 0 Å². The molecule has 0 bridgehead atoms. The molecule has 0 rings (SSSR count). The average molecular weight is 425 g/mol. The van der Waals surface area contributed by atoms with Crippen LogP contribution in [0.15, 0.2) is 0 Å². The highest BCUT2D eigenvalue weighted by Gasteiger charge is 2.23. The van der Waals surface area contributed by atoms with E-state index in [-0.39, 0.29) is 5.92 Å². The van der Waals surface area contributed by atoms with Gasteiger partial charge in [0.15, 0.2) is 0 Å². The quantitative estimate of drug-likeness (QED) is 0.170. The van der Waals surface area contributed by atoms with Crippen molar-refractivity contribution in [2.24, 2.45) is 11.7 Å². The lowest BCUT2D eigenvalue weighted by Crippen LogP contribution is -2.38. The fourth-order valence-electron chi connectivity index (χ4n) is 4.28. The second-order valence-electron chi connectivity index (χ2n) is 9.34. The Kier molecular flexibility index (Phi) is 22.7. The number of rotatable bonds is 23. The molecule has 0 heterocycles. The van der Waals surface area contributed by atoms with E-state index in [0.29, 0.717) is 12.5 Å². The molecule has 0 aromatic heterocycles. The SMILES string of the molecule is CCCCCCCCCCCCCCC(CCCN)C(=O)N(CCCC)CCCC. The van der Waals surface area contributed by atoms with E-state index in [4.69, 9.17) is 5.73 Å². The summed E-state index contributed by atoms with van der Waals surface area (Å²) in [4.78, 5) is 15.3. The first kappa shape index (κ1) is 29.4. The number of carbonyl (C=O) groups excluding carboxylic acids is 1. The van der Waals surface area contributed by atoms with Crippen molar-refractivity contribution in [3.05, 3.63) is 0 Å². The summed E-state index contributed by atoms with van der Waals surface area (Å²) >= 11 is 0. The van der Waals surface area contributed by atoms with Gasteiger partial charge in [-0.15, -0.1) is 0 Å². The van der Waals surface area contributed by atoms with Crippen LogP contribution in [0.1, 0.15) is 143 Å². The Labute approximate surface area is 189 Å². The molecule has 0 aliphatic carbocycles. The van der Waals surface area contributed by atoms with E-state index in [9.17, 15) is 4.79 Å². The number of amides is 1. The van der Waals surface area contributed by atoms with Crippen molar-refractivity contribution in [1.82, 2.24) is 4.90 Å². The first-order chi connectivity index (χ1) is 14.7. The van der Waals surface area contributed by atoms with Crippen LogP contribution in [0.4, 0.5) is 0 Å². The largest absolute Gasteiger partial charge is 0.342 e. The normalized spacial score (nSPS) is 12.3. The molecule has 1 unspecified atom stereocenters. The molecule has 1 atom stereocenters. The Morgan fingerprint density at radius 3 is 1.43 bits per heavy atom. The molecule has 180 valence electrons. The molecule has 0 saturated carbocycles. The Morgan fingerprint density at radius 2 is 1.00 bits per heavy atom. The molecule has 0 aromatic carbocycles. The first-order valence-electron chi connectivity index (χ1n) is 13.7. The van der Waals surface area contributed by atoms with Gasteiger partial charge in [0.25, 0.3) is 0 Å². The molecule has 1 amide bonds. The maximum absolute atomic E-state index is 13.2. The van der Waals surface area contributed by atoms with Gasteiger partial charge < -0.3 is 10.6 Å². The van der Waals surface area contributed by atoms with Crippen LogP contribution >= 0.6 is 0 Å². The zero-order valence-electron chi connectivity index (χ0n) is 21.1. The molecule has 0 saturated heterocycles. The molecule has 30 heavy (non-hydrogen) atoms. The van der Waals surface area contributed by atoms with Crippen LogP contribution in [0.3, 0.4) is 0 Å². The molecule has 0 aliphatic heterocycles. The van der Waals surface area contributed by atoms with Crippen molar-refractivity contribution in [2.45, 2.75) is 143 Å². The van der Waals surface area contributed by atoms with Crippen molar-refractivity contribution >= 4 is 5.91 Å². The minimum Gasteiger partial charge on any atom is -0.342 e. The fraction of sp³-hybridized carbons (Fsp3) is 0.963. The van der Waals surface area contributed by atoms with Gasteiger partial charge in [0.05, 0.1) is 0 Å². The third-order valence-electron chi connectivity index (χ3n) is 6.39. The van der Waals surface area contributed by atoms with Crippen LogP contribution < -0.4 is 5.73 Å².